The molecular formula is C14H27ClN2O4S. The van der Waals surface area contributed by atoms with Gasteiger partial charge in [-0.3, -0.25) is 4.79 Å². The van der Waals surface area contributed by atoms with Crippen molar-refractivity contribution in [2.45, 2.75) is 50.1 Å². The number of nitrogens with zero attached hydrogens (tertiary/aromatic N) is 1. The van der Waals surface area contributed by atoms with Gasteiger partial charge < -0.3 is 15.0 Å². The Labute approximate surface area is 139 Å². The van der Waals surface area contributed by atoms with E-state index in [0.717, 1.165) is 0 Å². The molecule has 0 aromatic rings. The quantitative estimate of drug-likeness (QED) is 0.786. The standard InChI is InChI=1S/C14H26N2O4S.ClH/c1-11-9-16(10-13(2,3)20-11)12(17)14(21(4,18)19)5-7-15-8-6-14;/h11,15H,5-10H2,1-4H3;1H. The third-order valence-electron chi connectivity index (χ3n) is 4.37. The molecule has 1 N–H and O–H groups in total. The molecule has 130 valence electrons. The first-order chi connectivity index (χ1) is 9.57. The Morgan fingerprint density at radius 1 is 1.27 bits per heavy atom. The Hall–Kier alpha value is -0.370. The number of nitrogens with one attached hydrogen (secondary N) is 1. The minimum Gasteiger partial charge on any atom is -0.369 e. The Kier molecular flexibility index (Phi) is 5.93. The van der Waals surface area contributed by atoms with E-state index in [1.807, 2.05) is 20.8 Å². The van der Waals surface area contributed by atoms with E-state index in [9.17, 15) is 13.2 Å². The van der Waals surface area contributed by atoms with Crippen LogP contribution >= 0.6 is 12.4 Å². The average molecular weight is 355 g/mol. The third-order valence-corrected chi connectivity index (χ3v) is 6.37. The zero-order valence-electron chi connectivity index (χ0n) is 13.7. The maximum atomic E-state index is 13.0. The Morgan fingerprint density at radius 3 is 2.27 bits per heavy atom. The van der Waals surface area contributed by atoms with E-state index in [4.69, 9.17) is 4.74 Å². The van der Waals surface area contributed by atoms with Crippen molar-refractivity contribution in [3.63, 3.8) is 0 Å². The highest BCUT2D eigenvalue weighted by Gasteiger charge is 2.52. The van der Waals surface area contributed by atoms with Crippen molar-refractivity contribution in [3.05, 3.63) is 0 Å². The first-order valence-corrected chi connectivity index (χ1v) is 9.34. The van der Waals surface area contributed by atoms with E-state index in [2.05, 4.69) is 5.32 Å². The number of carbonyl (C=O) groups excluding carboxylic acids is 1. The molecular weight excluding hydrogens is 328 g/mol. The minimum atomic E-state index is -3.46. The van der Waals surface area contributed by atoms with Crippen LogP contribution < -0.4 is 5.32 Å². The molecule has 1 unspecified atom stereocenters. The van der Waals surface area contributed by atoms with E-state index in [1.165, 1.54) is 6.26 Å². The highest BCUT2D eigenvalue weighted by molar-refractivity contribution is 7.92. The fourth-order valence-corrected chi connectivity index (χ4v) is 4.86. The summed E-state index contributed by atoms with van der Waals surface area (Å²) in [5.41, 5.74) is -0.445. The largest absolute Gasteiger partial charge is 0.369 e. The van der Waals surface area contributed by atoms with Gasteiger partial charge in [-0.1, -0.05) is 0 Å². The molecule has 0 spiro atoms. The summed E-state index contributed by atoms with van der Waals surface area (Å²) < 4.78 is 29.2. The lowest BCUT2D eigenvalue weighted by Gasteiger charge is -2.45. The van der Waals surface area contributed by atoms with Gasteiger partial charge >= 0.3 is 0 Å². The molecule has 0 aliphatic carbocycles. The number of hydrogen-bond acceptors (Lipinski definition) is 5. The fourth-order valence-electron chi connectivity index (χ4n) is 3.47. The minimum absolute atomic E-state index is 0. The van der Waals surface area contributed by atoms with Crippen molar-refractivity contribution in [3.8, 4) is 0 Å². The molecule has 0 bridgehead atoms. The highest BCUT2D eigenvalue weighted by atomic mass is 35.5. The van der Waals surface area contributed by atoms with Crippen molar-refractivity contribution in [2.75, 3.05) is 32.4 Å². The molecule has 0 saturated carbocycles. The lowest BCUT2D eigenvalue weighted by atomic mass is 9.93. The molecule has 0 aromatic carbocycles. The number of amides is 1. The first-order valence-electron chi connectivity index (χ1n) is 7.45. The molecule has 2 aliphatic heterocycles. The third kappa shape index (κ3) is 3.75. The summed E-state index contributed by atoms with van der Waals surface area (Å²) in [6.07, 6.45) is 1.79. The molecule has 0 radical (unpaired) electrons. The van der Waals surface area contributed by atoms with Crippen LogP contribution in [0, 0.1) is 0 Å². The summed E-state index contributed by atoms with van der Waals surface area (Å²) in [6.45, 7) is 7.77. The van der Waals surface area contributed by atoms with Crippen molar-refractivity contribution >= 4 is 28.2 Å². The molecule has 1 atom stereocenters. The molecule has 2 heterocycles. The number of piperidine rings is 1. The smallest absolute Gasteiger partial charge is 0.244 e. The van der Waals surface area contributed by atoms with Gasteiger partial charge in [0.2, 0.25) is 5.91 Å². The molecule has 0 aromatic heterocycles. The van der Waals surface area contributed by atoms with Crippen LogP contribution in [-0.2, 0) is 19.4 Å². The van der Waals surface area contributed by atoms with Crippen LogP contribution in [0.2, 0.25) is 0 Å². The molecule has 2 fully saturated rings. The van der Waals surface area contributed by atoms with Crippen LogP contribution in [0.15, 0.2) is 0 Å². The topological polar surface area (TPSA) is 75.7 Å². The zero-order chi connectivity index (χ0) is 15.9. The maximum absolute atomic E-state index is 13.0. The second-order valence-electron chi connectivity index (χ2n) is 6.89. The van der Waals surface area contributed by atoms with Crippen molar-refractivity contribution in [1.82, 2.24) is 10.2 Å². The number of carbonyl (C=O) groups is 1. The normalized spacial score (nSPS) is 27.8. The summed E-state index contributed by atoms with van der Waals surface area (Å²) in [6, 6.07) is 0. The maximum Gasteiger partial charge on any atom is 0.244 e. The predicted octanol–water partition coefficient (Wildman–Crippen LogP) is 0.601. The van der Waals surface area contributed by atoms with Crippen LogP contribution in [0.1, 0.15) is 33.6 Å². The number of halogens is 1. The van der Waals surface area contributed by atoms with Gasteiger partial charge in [0.25, 0.3) is 0 Å². The van der Waals surface area contributed by atoms with E-state index < -0.39 is 20.2 Å². The lowest BCUT2D eigenvalue weighted by molar-refractivity contribution is -0.161. The number of rotatable bonds is 2. The highest BCUT2D eigenvalue weighted by Crippen LogP contribution is 2.32. The molecule has 6 nitrogen and oxygen atoms in total. The van der Waals surface area contributed by atoms with Gasteiger partial charge in [0, 0.05) is 19.3 Å². The van der Waals surface area contributed by atoms with Gasteiger partial charge in [-0.15, -0.1) is 12.4 Å². The van der Waals surface area contributed by atoms with Crippen molar-refractivity contribution in [2.24, 2.45) is 0 Å². The second-order valence-corrected chi connectivity index (χ2v) is 9.22. The van der Waals surface area contributed by atoms with E-state index in [1.54, 1.807) is 4.90 Å². The monoisotopic (exact) mass is 354 g/mol. The van der Waals surface area contributed by atoms with Crippen molar-refractivity contribution < 1.29 is 17.9 Å². The summed E-state index contributed by atoms with van der Waals surface area (Å²) in [4.78, 5) is 14.7. The number of hydrogen-bond donors (Lipinski definition) is 1. The number of ether oxygens (including phenoxy) is 1. The van der Waals surface area contributed by atoms with Crippen molar-refractivity contribution in [1.29, 1.82) is 0 Å². The lowest BCUT2D eigenvalue weighted by Crippen LogP contribution is -2.63. The molecule has 2 rings (SSSR count). The summed E-state index contributed by atoms with van der Waals surface area (Å²) in [7, 11) is -3.46. The van der Waals surface area contributed by atoms with Crippen LogP contribution in [0.25, 0.3) is 0 Å². The Balaban J connectivity index is 0.00000242. The molecule has 1 amide bonds. The fraction of sp³-hybridized carbons (Fsp3) is 0.929. The van der Waals surface area contributed by atoms with E-state index in [-0.39, 0.29) is 24.4 Å². The summed E-state index contributed by atoms with van der Waals surface area (Å²) in [5.74, 6) is -0.255. The number of morpholine rings is 1. The molecule has 22 heavy (non-hydrogen) atoms. The molecule has 8 heteroatoms. The Morgan fingerprint density at radius 2 is 1.82 bits per heavy atom. The predicted molar refractivity (Wildman–Crippen MR) is 88.1 cm³/mol. The first kappa shape index (κ1) is 19.7. The van der Waals surface area contributed by atoms with Gasteiger partial charge in [-0.25, -0.2) is 8.42 Å². The van der Waals surface area contributed by atoms with Gasteiger partial charge in [0.05, 0.1) is 11.7 Å². The molecule has 2 saturated heterocycles. The van der Waals surface area contributed by atoms with Crippen LogP contribution in [0.3, 0.4) is 0 Å². The van der Waals surface area contributed by atoms with Crippen LogP contribution in [-0.4, -0.2) is 68.1 Å². The van der Waals surface area contributed by atoms with E-state index >= 15 is 0 Å². The van der Waals surface area contributed by atoms with Gasteiger partial charge in [-0.2, -0.15) is 0 Å². The molecule has 2 aliphatic rings. The average Bonchev–Trinajstić information content (AvgIpc) is 2.35. The van der Waals surface area contributed by atoms with E-state index in [0.29, 0.717) is 39.0 Å². The zero-order valence-corrected chi connectivity index (χ0v) is 15.3. The second kappa shape index (κ2) is 6.63. The summed E-state index contributed by atoms with van der Waals surface area (Å²) in [5, 5.41) is 3.13. The number of sulfone groups is 1. The van der Waals surface area contributed by atoms with Crippen LogP contribution in [0.5, 0.6) is 0 Å². The SMILES string of the molecule is CC1CN(C(=O)C2(S(C)(=O)=O)CCNCC2)CC(C)(C)O1.Cl. The van der Waals surface area contributed by atoms with Gasteiger partial charge in [0.1, 0.15) is 0 Å². The van der Waals surface area contributed by atoms with Crippen LogP contribution in [0.4, 0.5) is 0 Å². The summed E-state index contributed by atoms with van der Waals surface area (Å²) >= 11 is 0. The van der Waals surface area contributed by atoms with Gasteiger partial charge in [0.15, 0.2) is 14.6 Å². The van der Waals surface area contributed by atoms with Gasteiger partial charge in [-0.05, 0) is 46.7 Å². The Bertz CT molecular complexity index is 515.